The molecule has 0 N–H and O–H groups in total. The second kappa shape index (κ2) is 7.10. The Morgan fingerprint density at radius 3 is 2.56 bits per heavy atom. The molecule has 0 spiro atoms. The molecule has 0 aliphatic carbocycles. The molecule has 1 aliphatic heterocycles. The van der Waals surface area contributed by atoms with Gasteiger partial charge in [0.05, 0.1) is 10.6 Å². The van der Waals surface area contributed by atoms with Crippen LogP contribution < -0.4 is 0 Å². The summed E-state index contributed by atoms with van der Waals surface area (Å²) in [4.78, 5) is 9.14. The second-order valence-electron chi connectivity index (χ2n) is 6.19. The van der Waals surface area contributed by atoms with Crippen LogP contribution in [-0.2, 0) is 23.0 Å². The highest BCUT2D eigenvalue weighted by atomic mass is 79.9. The van der Waals surface area contributed by atoms with Gasteiger partial charge < -0.3 is 0 Å². The van der Waals surface area contributed by atoms with Gasteiger partial charge in [0.2, 0.25) is 10.0 Å². The van der Waals surface area contributed by atoms with Crippen molar-refractivity contribution in [3.05, 3.63) is 76.3 Å². The van der Waals surface area contributed by atoms with Crippen LogP contribution in [0.4, 0.5) is 4.39 Å². The molecule has 2 aromatic carbocycles. The predicted octanol–water partition coefficient (Wildman–Crippen LogP) is 3.79. The zero-order valence-corrected chi connectivity index (χ0v) is 16.5. The molecular weight excluding hydrogens is 433 g/mol. The molecule has 1 aromatic heterocycles. The van der Waals surface area contributed by atoms with E-state index in [1.54, 1.807) is 42.6 Å². The van der Waals surface area contributed by atoms with Crippen LogP contribution in [0.15, 0.2) is 64.1 Å². The maximum absolute atomic E-state index is 13.1. The largest absolute Gasteiger partial charge is 0.244 e. The van der Waals surface area contributed by atoms with E-state index in [2.05, 4.69) is 25.9 Å². The quantitative estimate of drug-likeness (QED) is 0.612. The van der Waals surface area contributed by atoms with Crippen LogP contribution >= 0.6 is 15.9 Å². The number of rotatable bonds is 3. The molecule has 0 unspecified atom stereocenters. The lowest BCUT2D eigenvalue weighted by Crippen LogP contribution is -2.36. The summed E-state index contributed by atoms with van der Waals surface area (Å²) in [5.74, 6) is 0.195. The number of hydrogen-bond donors (Lipinski definition) is 0. The molecule has 0 saturated heterocycles. The normalized spacial score (nSPS) is 14.7. The lowest BCUT2D eigenvalue weighted by molar-refractivity contribution is 0.387. The zero-order chi connectivity index (χ0) is 19.0. The number of nitrogens with zero attached hydrogens (tertiary/aromatic N) is 3. The highest BCUT2D eigenvalue weighted by molar-refractivity contribution is 9.10. The molecule has 0 amide bonds. The average Bonchev–Trinajstić information content (AvgIpc) is 2.68. The average molecular weight is 448 g/mol. The Hall–Kier alpha value is -2.16. The number of fused-ring (bicyclic) bond motifs is 1. The van der Waals surface area contributed by atoms with E-state index in [1.165, 1.54) is 16.4 Å². The van der Waals surface area contributed by atoms with Gasteiger partial charge in [0, 0.05) is 41.3 Å². The minimum absolute atomic E-state index is 0.225. The monoisotopic (exact) mass is 447 g/mol. The first-order valence-corrected chi connectivity index (χ1v) is 10.5. The van der Waals surface area contributed by atoms with E-state index in [4.69, 9.17) is 0 Å². The molecule has 0 atom stereocenters. The van der Waals surface area contributed by atoms with E-state index in [0.717, 1.165) is 16.8 Å². The van der Waals surface area contributed by atoms with Crippen molar-refractivity contribution in [3.8, 4) is 11.4 Å². The standard InChI is InChI=1S/C19H15BrFN3O2S/c20-16-3-1-2-4-18(16)27(25,26)24-10-9-17-14(12-24)11-22-19(23-17)13-5-7-15(21)8-6-13/h1-8,11H,9-10,12H2. The summed E-state index contributed by atoms with van der Waals surface area (Å²) in [6.45, 7) is 0.569. The Morgan fingerprint density at radius 2 is 1.81 bits per heavy atom. The molecule has 138 valence electrons. The molecule has 0 bridgehead atoms. The van der Waals surface area contributed by atoms with Gasteiger partial charge in [0.15, 0.2) is 5.82 Å². The third-order valence-electron chi connectivity index (χ3n) is 4.46. The molecule has 0 fully saturated rings. The molecule has 0 radical (unpaired) electrons. The Kier molecular flexibility index (Phi) is 4.79. The first-order chi connectivity index (χ1) is 12.9. The molecule has 2 heterocycles. The maximum Gasteiger partial charge on any atom is 0.244 e. The van der Waals surface area contributed by atoms with Gasteiger partial charge in [-0.3, -0.25) is 0 Å². The zero-order valence-electron chi connectivity index (χ0n) is 14.1. The van der Waals surface area contributed by atoms with Crippen molar-refractivity contribution in [2.75, 3.05) is 6.54 Å². The number of hydrogen-bond acceptors (Lipinski definition) is 4. The Labute approximate surface area is 165 Å². The first-order valence-electron chi connectivity index (χ1n) is 8.30. The van der Waals surface area contributed by atoms with E-state index in [1.807, 2.05) is 0 Å². The van der Waals surface area contributed by atoms with Crippen LogP contribution in [0.1, 0.15) is 11.3 Å². The molecule has 0 saturated carbocycles. The maximum atomic E-state index is 13.1. The third-order valence-corrected chi connectivity index (χ3v) is 7.31. The minimum Gasteiger partial charge on any atom is -0.236 e. The molecular formula is C19H15BrFN3O2S. The van der Waals surface area contributed by atoms with Crippen LogP contribution in [0.3, 0.4) is 0 Å². The van der Waals surface area contributed by atoms with Crippen molar-refractivity contribution in [2.45, 2.75) is 17.9 Å². The third kappa shape index (κ3) is 3.52. The fourth-order valence-corrected chi connectivity index (χ4v) is 5.41. The number of sulfonamides is 1. The fraction of sp³-hybridized carbons (Fsp3) is 0.158. The van der Waals surface area contributed by atoms with E-state index >= 15 is 0 Å². The van der Waals surface area contributed by atoms with Gasteiger partial charge in [0.1, 0.15) is 5.82 Å². The number of benzene rings is 2. The van der Waals surface area contributed by atoms with Gasteiger partial charge in [-0.05, 0) is 52.3 Å². The van der Waals surface area contributed by atoms with E-state index in [9.17, 15) is 12.8 Å². The van der Waals surface area contributed by atoms with Gasteiger partial charge in [0.25, 0.3) is 0 Å². The summed E-state index contributed by atoms with van der Waals surface area (Å²) in [6.07, 6.45) is 2.15. The Balaban J connectivity index is 1.62. The topological polar surface area (TPSA) is 63.2 Å². The van der Waals surface area contributed by atoms with Crippen LogP contribution in [0.2, 0.25) is 0 Å². The summed E-state index contributed by atoms with van der Waals surface area (Å²) in [6, 6.07) is 12.8. The SMILES string of the molecule is O=S(=O)(c1ccccc1Br)N1CCc2nc(-c3ccc(F)cc3)ncc2C1. The predicted molar refractivity (Wildman–Crippen MR) is 103 cm³/mol. The van der Waals surface area contributed by atoms with Crippen molar-refractivity contribution in [2.24, 2.45) is 0 Å². The summed E-state index contributed by atoms with van der Waals surface area (Å²) in [5.41, 5.74) is 2.33. The van der Waals surface area contributed by atoms with Crippen molar-refractivity contribution >= 4 is 26.0 Å². The lowest BCUT2D eigenvalue weighted by atomic mass is 10.1. The smallest absolute Gasteiger partial charge is 0.236 e. The molecule has 27 heavy (non-hydrogen) atoms. The Morgan fingerprint density at radius 1 is 1.07 bits per heavy atom. The van der Waals surface area contributed by atoms with Gasteiger partial charge in [-0.1, -0.05) is 12.1 Å². The number of halogens is 2. The highest BCUT2D eigenvalue weighted by Gasteiger charge is 2.30. The van der Waals surface area contributed by atoms with Crippen molar-refractivity contribution in [3.63, 3.8) is 0 Å². The Bertz CT molecular complexity index is 1100. The van der Waals surface area contributed by atoms with Gasteiger partial charge in [-0.25, -0.2) is 22.8 Å². The van der Waals surface area contributed by atoms with E-state index in [-0.39, 0.29) is 17.3 Å². The van der Waals surface area contributed by atoms with Gasteiger partial charge in [-0.2, -0.15) is 4.31 Å². The minimum atomic E-state index is -3.61. The second-order valence-corrected chi connectivity index (χ2v) is 8.95. The summed E-state index contributed by atoms with van der Waals surface area (Å²) in [5, 5.41) is 0. The summed E-state index contributed by atoms with van der Waals surface area (Å²) in [7, 11) is -3.61. The number of aromatic nitrogens is 2. The van der Waals surface area contributed by atoms with Crippen LogP contribution in [0.5, 0.6) is 0 Å². The first kappa shape index (κ1) is 18.2. The van der Waals surface area contributed by atoms with Gasteiger partial charge >= 0.3 is 0 Å². The molecule has 8 heteroatoms. The highest BCUT2D eigenvalue weighted by Crippen LogP contribution is 2.29. The molecule has 4 rings (SSSR count). The summed E-state index contributed by atoms with van der Waals surface area (Å²) < 4.78 is 41.0. The van der Waals surface area contributed by atoms with E-state index < -0.39 is 10.0 Å². The van der Waals surface area contributed by atoms with E-state index in [0.29, 0.717) is 23.3 Å². The van der Waals surface area contributed by atoms with Crippen molar-refractivity contribution in [1.29, 1.82) is 0 Å². The van der Waals surface area contributed by atoms with Crippen LogP contribution in [-0.4, -0.2) is 29.2 Å². The van der Waals surface area contributed by atoms with Crippen molar-refractivity contribution in [1.82, 2.24) is 14.3 Å². The fourth-order valence-electron chi connectivity index (χ4n) is 3.03. The lowest BCUT2D eigenvalue weighted by Gasteiger charge is -2.27. The molecule has 1 aliphatic rings. The van der Waals surface area contributed by atoms with Gasteiger partial charge in [-0.15, -0.1) is 0 Å². The van der Waals surface area contributed by atoms with Crippen LogP contribution in [0, 0.1) is 5.82 Å². The van der Waals surface area contributed by atoms with Crippen LogP contribution in [0.25, 0.3) is 11.4 Å². The summed E-state index contributed by atoms with van der Waals surface area (Å²) >= 11 is 3.31. The molecule has 3 aromatic rings. The molecule has 5 nitrogen and oxygen atoms in total. The van der Waals surface area contributed by atoms with Crippen molar-refractivity contribution < 1.29 is 12.8 Å².